The first-order chi connectivity index (χ1) is 22.6. The lowest BCUT2D eigenvalue weighted by Crippen LogP contribution is -2.53. The minimum Gasteiger partial charge on any atom is -0.375 e. The first-order valence-corrected chi connectivity index (χ1v) is 16.9. The number of para-hydroxylation sites is 3. The molecule has 9 rings (SSSR count). The van der Waals surface area contributed by atoms with Crippen molar-refractivity contribution in [3.8, 4) is 16.8 Å². The van der Waals surface area contributed by atoms with Crippen LogP contribution in [0.3, 0.4) is 0 Å². The molecule has 0 bridgehead atoms. The van der Waals surface area contributed by atoms with Crippen molar-refractivity contribution in [1.29, 1.82) is 0 Å². The summed E-state index contributed by atoms with van der Waals surface area (Å²) in [6, 6.07) is 48.0. The van der Waals surface area contributed by atoms with E-state index in [1.54, 1.807) is 0 Å². The van der Waals surface area contributed by atoms with E-state index in [2.05, 4.69) is 178 Å². The van der Waals surface area contributed by atoms with Gasteiger partial charge in [-0.3, -0.25) is 0 Å². The van der Waals surface area contributed by atoms with Crippen LogP contribution >= 0.6 is 0 Å². The van der Waals surface area contributed by atoms with Gasteiger partial charge in [0.25, 0.3) is 0 Å². The summed E-state index contributed by atoms with van der Waals surface area (Å²) in [6.07, 6.45) is 0. The molecule has 1 aliphatic heterocycles. The third-order valence-electron chi connectivity index (χ3n) is 10.5. The molecule has 6 aromatic carbocycles. The lowest BCUT2D eigenvalue weighted by atomic mass is 9.47. The van der Waals surface area contributed by atoms with Gasteiger partial charge >= 0.3 is 6.85 Å². The molecule has 0 saturated heterocycles. The molecule has 0 atom stereocenters. The van der Waals surface area contributed by atoms with Crippen molar-refractivity contribution in [2.45, 2.75) is 52.4 Å². The van der Waals surface area contributed by atoms with E-state index in [-0.39, 0.29) is 17.7 Å². The molecule has 0 unspecified atom stereocenters. The molecule has 228 valence electrons. The Morgan fingerprint density at radius 1 is 0.468 bits per heavy atom. The Hall–Kier alpha value is -5.02. The van der Waals surface area contributed by atoms with Gasteiger partial charge in [-0.1, -0.05) is 139 Å². The summed E-state index contributed by atoms with van der Waals surface area (Å²) in [7, 11) is 0. The van der Waals surface area contributed by atoms with Crippen molar-refractivity contribution in [3.63, 3.8) is 0 Å². The van der Waals surface area contributed by atoms with Gasteiger partial charge in [0.2, 0.25) is 0 Å². The molecule has 0 amide bonds. The van der Waals surface area contributed by atoms with E-state index in [0.29, 0.717) is 0 Å². The number of fused-ring (bicyclic) bond motifs is 8. The molecule has 2 nitrogen and oxygen atoms in total. The summed E-state index contributed by atoms with van der Waals surface area (Å²) < 4.78 is 5.21. The number of aromatic nitrogens is 2. The van der Waals surface area contributed by atoms with Crippen LogP contribution in [0.2, 0.25) is 0 Å². The fourth-order valence-corrected chi connectivity index (χ4v) is 8.08. The number of rotatable bonds is 2. The monoisotopic (exact) mass is 606 g/mol. The Bertz CT molecular complexity index is 2530. The second-order valence-electron chi connectivity index (χ2n) is 15.4. The first-order valence-electron chi connectivity index (χ1n) is 16.9. The second kappa shape index (κ2) is 9.75. The zero-order valence-corrected chi connectivity index (χ0v) is 28.1. The van der Waals surface area contributed by atoms with E-state index in [0.717, 1.165) is 0 Å². The smallest absolute Gasteiger partial charge is 0.332 e. The molecule has 0 fully saturated rings. The minimum absolute atomic E-state index is 0.0119. The highest BCUT2D eigenvalue weighted by atomic mass is 15.0. The van der Waals surface area contributed by atoms with E-state index < -0.39 is 0 Å². The summed E-state index contributed by atoms with van der Waals surface area (Å²) in [4.78, 5) is 0. The maximum Gasteiger partial charge on any atom is 0.332 e. The van der Waals surface area contributed by atoms with Crippen molar-refractivity contribution >= 4 is 61.4 Å². The maximum absolute atomic E-state index is 2.66. The van der Waals surface area contributed by atoms with Crippen LogP contribution in [0, 0.1) is 0 Å². The van der Waals surface area contributed by atoms with Crippen LogP contribution in [-0.4, -0.2) is 15.9 Å². The minimum atomic E-state index is -0.0156. The van der Waals surface area contributed by atoms with Gasteiger partial charge in [0.05, 0.1) is 11.0 Å². The van der Waals surface area contributed by atoms with Gasteiger partial charge in [-0.25, -0.2) is 0 Å². The molecule has 1 aliphatic rings. The number of hydrogen-bond acceptors (Lipinski definition) is 0. The fourth-order valence-electron chi connectivity index (χ4n) is 8.08. The highest BCUT2D eigenvalue weighted by Gasteiger charge is 2.37. The van der Waals surface area contributed by atoms with Gasteiger partial charge in [-0.05, 0) is 68.8 Å². The molecule has 47 heavy (non-hydrogen) atoms. The average Bonchev–Trinajstić information content (AvgIpc) is 3.58. The van der Waals surface area contributed by atoms with Crippen molar-refractivity contribution in [2.24, 2.45) is 0 Å². The molecule has 8 aromatic rings. The van der Waals surface area contributed by atoms with Crippen molar-refractivity contribution in [1.82, 2.24) is 9.05 Å². The summed E-state index contributed by atoms with van der Waals surface area (Å²) in [5, 5.41) is 5.27. The quantitative estimate of drug-likeness (QED) is 0.173. The summed E-state index contributed by atoms with van der Waals surface area (Å²) in [6.45, 7) is 14.0. The summed E-state index contributed by atoms with van der Waals surface area (Å²) >= 11 is 0. The van der Waals surface area contributed by atoms with Gasteiger partial charge in [0, 0.05) is 43.8 Å². The largest absolute Gasteiger partial charge is 0.375 e. The van der Waals surface area contributed by atoms with Gasteiger partial charge in [-0.15, -0.1) is 0 Å². The molecule has 0 radical (unpaired) electrons. The Morgan fingerprint density at radius 2 is 1.15 bits per heavy atom. The number of nitrogens with zero attached hydrogens (tertiary/aromatic N) is 2. The fraction of sp³-hybridized carbons (Fsp3) is 0.182. The Kier molecular flexibility index (Phi) is 5.85. The van der Waals surface area contributed by atoms with Gasteiger partial charge < -0.3 is 9.05 Å². The zero-order valence-electron chi connectivity index (χ0n) is 28.1. The zero-order chi connectivity index (χ0) is 32.2. The van der Waals surface area contributed by atoms with Crippen molar-refractivity contribution < 1.29 is 0 Å². The lowest BCUT2D eigenvalue weighted by Gasteiger charge is -2.30. The average molecular weight is 607 g/mol. The molecule has 3 heterocycles. The SMILES string of the molecule is CC(C)(C)c1ccc2c(c1)c1cc(C(C)(C)C)cc3c1n2-c1ccccc1B3n1c2ccccc2c2cccc(-c3ccccc3)c21. The van der Waals surface area contributed by atoms with Crippen LogP contribution in [0.5, 0.6) is 0 Å². The Balaban J connectivity index is 1.49. The first kappa shape index (κ1) is 28.2. The lowest BCUT2D eigenvalue weighted by molar-refractivity contribution is 0.590. The third-order valence-corrected chi connectivity index (χ3v) is 10.5. The van der Waals surface area contributed by atoms with Crippen molar-refractivity contribution in [3.05, 3.63) is 139 Å². The summed E-state index contributed by atoms with van der Waals surface area (Å²) in [5.41, 5.74) is 14.4. The molecule has 3 heteroatoms. The highest BCUT2D eigenvalue weighted by molar-refractivity contribution is 6.88. The topological polar surface area (TPSA) is 9.86 Å². The molecular formula is C44H39BN2. The van der Waals surface area contributed by atoms with Crippen LogP contribution < -0.4 is 10.9 Å². The third kappa shape index (κ3) is 4.05. The summed E-state index contributed by atoms with van der Waals surface area (Å²) in [5.74, 6) is 0. The van der Waals surface area contributed by atoms with Crippen LogP contribution in [0.1, 0.15) is 52.7 Å². The van der Waals surface area contributed by atoms with Crippen LogP contribution in [0.25, 0.3) is 60.4 Å². The van der Waals surface area contributed by atoms with E-state index in [1.165, 1.54) is 82.5 Å². The molecule has 2 aromatic heterocycles. The van der Waals surface area contributed by atoms with Gasteiger partial charge in [0.15, 0.2) is 0 Å². The molecule has 0 spiro atoms. The standard InChI is InChI=1S/C44H39BN2/c1-43(2,3)29-23-24-38-34(25-29)35-26-30(44(4,5)6)27-37-42(35)46(38)40-22-13-11-20-36(40)45(37)47-39-21-12-10-17-32(39)33-19-14-18-31(41(33)47)28-15-8-7-9-16-28/h7-27H,1-6H3. The van der Waals surface area contributed by atoms with E-state index in [1.807, 2.05) is 0 Å². The molecule has 0 saturated carbocycles. The van der Waals surface area contributed by atoms with Gasteiger partial charge in [-0.2, -0.15) is 0 Å². The Labute approximate surface area is 277 Å². The van der Waals surface area contributed by atoms with Crippen LogP contribution in [0.15, 0.2) is 127 Å². The molecule has 0 N–H and O–H groups in total. The number of benzene rings is 6. The van der Waals surface area contributed by atoms with Crippen LogP contribution in [-0.2, 0) is 10.8 Å². The van der Waals surface area contributed by atoms with Gasteiger partial charge in [0.1, 0.15) is 0 Å². The second-order valence-corrected chi connectivity index (χ2v) is 15.4. The predicted octanol–water partition coefficient (Wildman–Crippen LogP) is 10.1. The van der Waals surface area contributed by atoms with E-state index >= 15 is 0 Å². The normalized spacial score (nSPS) is 13.3. The molecule has 0 aliphatic carbocycles. The number of hydrogen-bond donors (Lipinski definition) is 0. The Morgan fingerprint density at radius 3 is 1.94 bits per heavy atom. The highest BCUT2D eigenvalue weighted by Crippen LogP contribution is 2.41. The molecular weight excluding hydrogens is 567 g/mol. The van der Waals surface area contributed by atoms with Crippen molar-refractivity contribution in [2.75, 3.05) is 0 Å². The maximum atomic E-state index is 2.66. The van der Waals surface area contributed by atoms with Crippen LogP contribution in [0.4, 0.5) is 0 Å². The van der Waals surface area contributed by atoms with E-state index in [9.17, 15) is 0 Å². The predicted molar refractivity (Wildman–Crippen MR) is 203 cm³/mol. The van der Waals surface area contributed by atoms with E-state index in [4.69, 9.17) is 0 Å².